The summed E-state index contributed by atoms with van der Waals surface area (Å²) in [5.74, 6) is 2.36. The van der Waals surface area contributed by atoms with Crippen LogP contribution in [-0.2, 0) is 9.59 Å². The summed E-state index contributed by atoms with van der Waals surface area (Å²) in [4.78, 5) is 29.8. The first-order valence-electron chi connectivity index (χ1n) is 10.6. The molecule has 27 heavy (non-hydrogen) atoms. The normalized spacial score (nSPS) is 40.5. The van der Waals surface area contributed by atoms with E-state index in [1.54, 1.807) is 6.08 Å². The van der Waals surface area contributed by atoms with E-state index in [-0.39, 0.29) is 23.1 Å². The van der Waals surface area contributed by atoms with Crippen molar-refractivity contribution in [2.75, 3.05) is 0 Å². The van der Waals surface area contributed by atoms with Crippen molar-refractivity contribution >= 4 is 17.5 Å². The number of nitrogens with one attached hydrogen (secondary N) is 1. The van der Waals surface area contributed by atoms with Crippen LogP contribution >= 0.6 is 0 Å². The summed E-state index contributed by atoms with van der Waals surface area (Å²) in [6.45, 7) is 2.13. The van der Waals surface area contributed by atoms with Gasteiger partial charge in [0, 0.05) is 17.7 Å². The van der Waals surface area contributed by atoms with Gasteiger partial charge in [0.05, 0.1) is 11.1 Å². The minimum Gasteiger partial charge on any atom is -0.325 e. The molecule has 2 amide bonds. The van der Waals surface area contributed by atoms with Crippen LogP contribution in [0.25, 0.3) is 0 Å². The van der Waals surface area contributed by atoms with Gasteiger partial charge >= 0.3 is 0 Å². The molecule has 6 rings (SSSR count). The van der Waals surface area contributed by atoms with Crippen molar-refractivity contribution in [2.45, 2.75) is 58.3 Å². The van der Waals surface area contributed by atoms with Gasteiger partial charge in [-0.25, -0.2) is 4.99 Å². The molecule has 4 nitrogen and oxygen atoms in total. The van der Waals surface area contributed by atoms with E-state index in [1.807, 2.05) is 12.2 Å². The van der Waals surface area contributed by atoms with Crippen LogP contribution in [0.2, 0.25) is 0 Å². The molecule has 1 N–H and O–H groups in total. The fraction of sp³-hybridized carbons (Fsp3) is 0.609. The SMILES string of the molecule is CCCC1=CC(=O)NC2=CC(=NC(=O)C34CC5CC(CC(C5)C3)C4)C=CC12. The third kappa shape index (κ3) is 2.94. The third-order valence-electron chi connectivity index (χ3n) is 7.34. The summed E-state index contributed by atoms with van der Waals surface area (Å²) < 4.78 is 0. The number of amides is 2. The summed E-state index contributed by atoms with van der Waals surface area (Å²) >= 11 is 0. The maximum Gasteiger partial charge on any atom is 0.252 e. The van der Waals surface area contributed by atoms with Crippen LogP contribution in [-0.4, -0.2) is 17.5 Å². The number of rotatable bonds is 3. The van der Waals surface area contributed by atoms with E-state index >= 15 is 0 Å². The number of nitrogens with zero attached hydrogens (tertiary/aromatic N) is 1. The minimum atomic E-state index is -0.200. The van der Waals surface area contributed by atoms with Gasteiger partial charge in [-0.05, 0) is 74.9 Å². The van der Waals surface area contributed by atoms with E-state index < -0.39 is 0 Å². The molecule has 0 spiro atoms. The van der Waals surface area contributed by atoms with Crippen LogP contribution in [0.5, 0.6) is 0 Å². The first kappa shape index (κ1) is 17.2. The van der Waals surface area contributed by atoms with Gasteiger partial charge in [0.2, 0.25) is 5.91 Å². The van der Waals surface area contributed by atoms with Gasteiger partial charge in [-0.3, -0.25) is 9.59 Å². The number of allylic oxidation sites excluding steroid dienone is 3. The highest BCUT2D eigenvalue weighted by atomic mass is 16.2. The Labute approximate surface area is 160 Å². The highest BCUT2D eigenvalue weighted by Crippen LogP contribution is 2.60. The summed E-state index contributed by atoms with van der Waals surface area (Å²) in [5.41, 5.74) is 2.51. The Morgan fingerprint density at radius 1 is 1.15 bits per heavy atom. The van der Waals surface area contributed by atoms with Crippen LogP contribution in [0.3, 0.4) is 0 Å². The van der Waals surface area contributed by atoms with Crippen LogP contribution in [0.15, 0.2) is 40.6 Å². The Bertz CT molecular complexity index is 779. The molecule has 142 valence electrons. The molecule has 1 aliphatic heterocycles. The smallest absolute Gasteiger partial charge is 0.252 e. The highest BCUT2D eigenvalue weighted by Gasteiger charge is 2.54. The van der Waals surface area contributed by atoms with E-state index in [9.17, 15) is 9.59 Å². The largest absolute Gasteiger partial charge is 0.325 e. The molecule has 0 saturated heterocycles. The molecule has 0 aromatic heterocycles. The predicted molar refractivity (Wildman–Crippen MR) is 105 cm³/mol. The maximum atomic E-state index is 13.2. The molecule has 1 unspecified atom stereocenters. The van der Waals surface area contributed by atoms with Crippen molar-refractivity contribution in [2.24, 2.45) is 34.1 Å². The molecule has 6 aliphatic rings. The molecule has 0 radical (unpaired) electrons. The van der Waals surface area contributed by atoms with Crippen LogP contribution in [0.4, 0.5) is 0 Å². The van der Waals surface area contributed by atoms with E-state index in [2.05, 4.69) is 23.3 Å². The number of carbonyl (C=O) groups is 2. The summed E-state index contributed by atoms with van der Waals surface area (Å²) in [5, 5.41) is 2.95. The second kappa shape index (κ2) is 6.29. The number of hydrogen-bond donors (Lipinski definition) is 1. The summed E-state index contributed by atoms with van der Waals surface area (Å²) in [6.07, 6.45) is 16.7. The summed E-state index contributed by atoms with van der Waals surface area (Å²) in [7, 11) is 0. The van der Waals surface area contributed by atoms with Crippen molar-refractivity contribution < 1.29 is 9.59 Å². The topological polar surface area (TPSA) is 58.5 Å². The van der Waals surface area contributed by atoms with Gasteiger partial charge in [-0.2, -0.15) is 0 Å². The van der Waals surface area contributed by atoms with Gasteiger partial charge < -0.3 is 5.32 Å². The van der Waals surface area contributed by atoms with Gasteiger partial charge in [-0.15, -0.1) is 0 Å². The Hall–Kier alpha value is -1.97. The molecule has 5 aliphatic carbocycles. The average molecular weight is 364 g/mol. The van der Waals surface area contributed by atoms with Crippen molar-refractivity contribution in [1.82, 2.24) is 5.32 Å². The van der Waals surface area contributed by atoms with Gasteiger partial charge in [0.1, 0.15) is 0 Å². The molecule has 4 bridgehead atoms. The molecule has 0 aromatic carbocycles. The number of carbonyl (C=O) groups excluding carboxylic acids is 2. The fourth-order valence-electron chi connectivity index (χ4n) is 6.66. The zero-order valence-corrected chi connectivity index (χ0v) is 16.0. The zero-order valence-electron chi connectivity index (χ0n) is 16.0. The van der Waals surface area contributed by atoms with Gasteiger partial charge in [0.25, 0.3) is 5.91 Å². The minimum absolute atomic E-state index is 0.0667. The lowest BCUT2D eigenvalue weighted by Gasteiger charge is -2.55. The fourth-order valence-corrected chi connectivity index (χ4v) is 6.66. The van der Waals surface area contributed by atoms with Crippen molar-refractivity contribution in [3.05, 3.63) is 35.6 Å². The number of fused-ring (bicyclic) bond motifs is 1. The first-order valence-corrected chi connectivity index (χ1v) is 10.6. The molecule has 4 saturated carbocycles. The van der Waals surface area contributed by atoms with Crippen LogP contribution in [0, 0.1) is 29.1 Å². The Morgan fingerprint density at radius 3 is 2.44 bits per heavy atom. The number of hydrogen-bond acceptors (Lipinski definition) is 2. The predicted octanol–water partition coefficient (Wildman–Crippen LogP) is 4.10. The van der Waals surface area contributed by atoms with Gasteiger partial charge in [-0.1, -0.05) is 25.0 Å². The monoisotopic (exact) mass is 364 g/mol. The molecule has 1 heterocycles. The van der Waals surface area contributed by atoms with E-state index in [1.165, 1.54) is 19.3 Å². The van der Waals surface area contributed by atoms with E-state index in [0.29, 0.717) is 5.71 Å². The zero-order chi connectivity index (χ0) is 18.6. The second-order valence-corrected chi connectivity index (χ2v) is 9.43. The summed E-state index contributed by atoms with van der Waals surface area (Å²) in [6, 6.07) is 0. The number of aliphatic imine (C=N–C) groups is 1. The maximum absolute atomic E-state index is 13.2. The highest BCUT2D eigenvalue weighted by molar-refractivity contribution is 6.12. The van der Waals surface area contributed by atoms with Crippen molar-refractivity contribution in [3.8, 4) is 0 Å². The van der Waals surface area contributed by atoms with Crippen LogP contribution in [0.1, 0.15) is 58.3 Å². The van der Waals surface area contributed by atoms with Crippen molar-refractivity contribution in [1.29, 1.82) is 0 Å². The van der Waals surface area contributed by atoms with E-state index in [0.717, 1.165) is 61.1 Å². The second-order valence-electron chi connectivity index (χ2n) is 9.43. The Kier molecular flexibility index (Phi) is 3.99. The quantitative estimate of drug-likeness (QED) is 0.820. The first-order chi connectivity index (χ1) is 13.0. The molecule has 1 atom stereocenters. The molecule has 4 heteroatoms. The van der Waals surface area contributed by atoms with Crippen LogP contribution < -0.4 is 5.32 Å². The average Bonchev–Trinajstić information content (AvgIpc) is 2.60. The molecule has 0 aromatic rings. The van der Waals surface area contributed by atoms with E-state index in [4.69, 9.17) is 0 Å². The standard InChI is InChI=1S/C23H28N2O2/c1-2-3-17-9-21(26)25-20-10-18(4-5-19(17)20)24-22(27)23-11-14-6-15(12-23)8-16(7-14)13-23/h4-5,9-10,14-16,19H,2-3,6-8,11-13H2,1H3,(H,25,26). The van der Waals surface area contributed by atoms with Gasteiger partial charge in [0.15, 0.2) is 0 Å². The Morgan fingerprint density at radius 2 is 1.81 bits per heavy atom. The third-order valence-corrected chi connectivity index (χ3v) is 7.34. The lowest BCUT2D eigenvalue weighted by Crippen LogP contribution is -2.49. The lowest BCUT2D eigenvalue weighted by atomic mass is 9.49. The molecular formula is C23H28N2O2. The van der Waals surface area contributed by atoms with Crippen molar-refractivity contribution in [3.63, 3.8) is 0 Å². The Balaban J connectivity index is 1.39. The lowest BCUT2D eigenvalue weighted by molar-refractivity contribution is -0.142. The molecular weight excluding hydrogens is 336 g/mol. The molecule has 4 fully saturated rings.